The fourth-order valence-electron chi connectivity index (χ4n) is 2.41. The summed E-state index contributed by atoms with van der Waals surface area (Å²) in [5, 5.41) is 3.40. The molecule has 0 radical (unpaired) electrons. The molecule has 3 nitrogen and oxygen atoms in total. The van der Waals surface area contributed by atoms with Crippen molar-refractivity contribution in [2.75, 3.05) is 38.3 Å². The third-order valence-corrected chi connectivity index (χ3v) is 3.33. The van der Waals surface area contributed by atoms with Gasteiger partial charge in [-0.05, 0) is 31.0 Å². The Bertz CT molecular complexity index is 397. The van der Waals surface area contributed by atoms with Gasteiger partial charge in [-0.2, -0.15) is 0 Å². The van der Waals surface area contributed by atoms with Crippen LogP contribution in [0.1, 0.15) is 12.5 Å². The average molecular weight is 252 g/mol. The van der Waals surface area contributed by atoms with Crippen LogP contribution in [0.3, 0.4) is 0 Å². The van der Waals surface area contributed by atoms with Crippen LogP contribution >= 0.6 is 0 Å². The van der Waals surface area contributed by atoms with E-state index >= 15 is 0 Å². The molecule has 0 aromatic heterocycles. The number of hydrogen-bond donors (Lipinski definition) is 1. The molecule has 0 aliphatic carbocycles. The van der Waals surface area contributed by atoms with Crippen molar-refractivity contribution >= 4 is 5.69 Å². The summed E-state index contributed by atoms with van der Waals surface area (Å²) in [6, 6.07) is 5.43. The van der Waals surface area contributed by atoms with Crippen molar-refractivity contribution in [3.05, 3.63) is 29.6 Å². The zero-order valence-corrected chi connectivity index (χ0v) is 11.1. The molecule has 1 atom stereocenters. The molecule has 1 aromatic carbocycles. The van der Waals surface area contributed by atoms with E-state index in [2.05, 4.69) is 17.1 Å². The maximum Gasteiger partial charge on any atom is 0.125 e. The normalized spacial score (nSPS) is 15.8. The van der Waals surface area contributed by atoms with Crippen LogP contribution in [0.5, 0.6) is 0 Å². The third-order valence-electron chi connectivity index (χ3n) is 3.33. The Hall–Kier alpha value is -1.13. The number of hydrogen-bond acceptors (Lipinski definition) is 3. The van der Waals surface area contributed by atoms with Gasteiger partial charge in [-0.1, -0.05) is 6.07 Å². The van der Waals surface area contributed by atoms with Gasteiger partial charge in [0.15, 0.2) is 0 Å². The Morgan fingerprint density at radius 3 is 3.11 bits per heavy atom. The van der Waals surface area contributed by atoms with Crippen LogP contribution in [0.15, 0.2) is 18.2 Å². The summed E-state index contributed by atoms with van der Waals surface area (Å²) in [5.41, 5.74) is 2.30. The molecule has 1 unspecified atom stereocenters. The van der Waals surface area contributed by atoms with Crippen LogP contribution < -0.4 is 10.2 Å². The van der Waals surface area contributed by atoms with E-state index in [1.165, 1.54) is 5.56 Å². The monoisotopic (exact) mass is 252 g/mol. The zero-order valence-electron chi connectivity index (χ0n) is 11.1. The molecule has 0 bridgehead atoms. The maximum atomic E-state index is 13.2. The van der Waals surface area contributed by atoms with E-state index in [0.29, 0.717) is 12.6 Å². The van der Waals surface area contributed by atoms with Gasteiger partial charge in [0, 0.05) is 38.5 Å². The molecule has 4 heteroatoms. The lowest BCUT2D eigenvalue weighted by Gasteiger charge is -2.21. The minimum absolute atomic E-state index is 0.152. The minimum atomic E-state index is -0.152. The lowest BCUT2D eigenvalue weighted by atomic mass is 10.2. The first-order chi connectivity index (χ1) is 8.70. The molecule has 1 aliphatic heterocycles. The highest BCUT2D eigenvalue weighted by atomic mass is 19.1. The molecule has 1 aromatic rings. The van der Waals surface area contributed by atoms with Gasteiger partial charge in [0.2, 0.25) is 0 Å². The number of fused-ring (bicyclic) bond motifs is 1. The van der Waals surface area contributed by atoms with E-state index in [9.17, 15) is 4.39 Å². The summed E-state index contributed by atoms with van der Waals surface area (Å²) in [5.74, 6) is -0.152. The lowest BCUT2D eigenvalue weighted by Crippen LogP contribution is -2.37. The highest BCUT2D eigenvalue weighted by molar-refractivity contribution is 5.58. The van der Waals surface area contributed by atoms with Gasteiger partial charge in [-0.25, -0.2) is 4.39 Å². The Morgan fingerprint density at radius 1 is 1.50 bits per heavy atom. The second-order valence-electron chi connectivity index (χ2n) is 4.82. The molecule has 0 saturated carbocycles. The smallest absolute Gasteiger partial charge is 0.125 e. The van der Waals surface area contributed by atoms with Crippen LogP contribution in [0.4, 0.5) is 10.1 Å². The number of rotatable bonds is 6. The van der Waals surface area contributed by atoms with Crippen LogP contribution in [-0.2, 0) is 11.2 Å². The molecule has 2 rings (SSSR count). The summed E-state index contributed by atoms with van der Waals surface area (Å²) >= 11 is 0. The summed E-state index contributed by atoms with van der Waals surface area (Å²) < 4.78 is 18.3. The third kappa shape index (κ3) is 3.21. The van der Waals surface area contributed by atoms with Gasteiger partial charge in [0.1, 0.15) is 5.82 Å². The molecule has 0 spiro atoms. The molecule has 1 heterocycles. The van der Waals surface area contributed by atoms with Crippen molar-refractivity contribution in [1.29, 1.82) is 0 Å². The Balaban J connectivity index is 1.84. The van der Waals surface area contributed by atoms with E-state index in [-0.39, 0.29) is 5.82 Å². The highest BCUT2D eigenvalue weighted by Gasteiger charge is 2.18. The van der Waals surface area contributed by atoms with E-state index < -0.39 is 0 Å². The van der Waals surface area contributed by atoms with Crippen molar-refractivity contribution in [1.82, 2.24) is 5.32 Å². The number of ether oxygens (including phenoxy) is 1. The standard InChI is InChI=1S/C14H21FN2O/c1-11(10-18-2)16-6-8-17-7-5-12-3-4-13(15)9-14(12)17/h3-4,9,11,16H,5-8,10H2,1-2H3. The fourth-order valence-corrected chi connectivity index (χ4v) is 2.41. The van der Waals surface area contributed by atoms with Crippen molar-refractivity contribution in [3.63, 3.8) is 0 Å². The first-order valence-electron chi connectivity index (χ1n) is 6.46. The molecule has 0 fully saturated rings. The maximum absolute atomic E-state index is 13.2. The van der Waals surface area contributed by atoms with Crippen LogP contribution in [0.2, 0.25) is 0 Å². The van der Waals surface area contributed by atoms with Crippen LogP contribution in [-0.4, -0.2) is 39.4 Å². The predicted octanol–water partition coefficient (Wildman–Crippen LogP) is 1.81. The van der Waals surface area contributed by atoms with Gasteiger partial charge in [-0.3, -0.25) is 0 Å². The molecule has 1 aliphatic rings. The minimum Gasteiger partial charge on any atom is -0.383 e. The van der Waals surface area contributed by atoms with Gasteiger partial charge in [0.05, 0.1) is 6.61 Å². The first-order valence-corrected chi connectivity index (χ1v) is 6.46. The summed E-state index contributed by atoms with van der Waals surface area (Å²) in [6.45, 7) is 5.59. The van der Waals surface area contributed by atoms with Gasteiger partial charge in [0.25, 0.3) is 0 Å². The van der Waals surface area contributed by atoms with Gasteiger partial charge < -0.3 is 15.0 Å². The van der Waals surface area contributed by atoms with Crippen molar-refractivity contribution in [3.8, 4) is 0 Å². The largest absolute Gasteiger partial charge is 0.383 e. The summed E-state index contributed by atoms with van der Waals surface area (Å²) in [6.07, 6.45) is 1.02. The molecule has 1 N–H and O–H groups in total. The number of halogens is 1. The molecular formula is C14H21FN2O. The summed E-state index contributed by atoms with van der Waals surface area (Å²) in [4.78, 5) is 2.24. The number of nitrogens with one attached hydrogen (secondary N) is 1. The molecule has 0 saturated heterocycles. The number of methoxy groups -OCH3 is 1. The predicted molar refractivity (Wildman–Crippen MR) is 71.7 cm³/mol. The molecule has 0 amide bonds. The first kappa shape index (κ1) is 13.3. The molecular weight excluding hydrogens is 231 g/mol. The van der Waals surface area contributed by atoms with Crippen LogP contribution in [0.25, 0.3) is 0 Å². The van der Waals surface area contributed by atoms with Crippen LogP contribution in [0, 0.1) is 5.82 Å². The Kier molecular flexibility index (Phi) is 4.55. The van der Waals surface area contributed by atoms with Crippen molar-refractivity contribution in [2.24, 2.45) is 0 Å². The van der Waals surface area contributed by atoms with Gasteiger partial charge >= 0.3 is 0 Å². The van der Waals surface area contributed by atoms with Gasteiger partial charge in [-0.15, -0.1) is 0 Å². The second kappa shape index (κ2) is 6.16. The van der Waals surface area contributed by atoms with E-state index in [1.54, 1.807) is 19.2 Å². The number of anilines is 1. The van der Waals surface area contributed by atoms with Crippen molar-refractivity contribution < 1.29 is 9.13 Å². The number of benzene rings is 1. The van der Waals surface area contributed by atoms with E-state index in [0.717, 1.165) is 31.7 Å². The average Bonchev–Trinajstić information content (AvgIpc) is 2.72. The van der Waals surface area contributed by atoms with E-state index in [1.807, 2.05) is 6.07 Å². The fraction of sp³-hybridized carbons (Fsp3) is 0.571. The molecule has 18 heavy (non-hydrogen) atoms. The Morgan fingerprint density at radius 2 is 2.33 bits per heavy atom. The lowest BCUT2D eigenvalue weighted by molar-refractivity contribution is 0.172. The SMILES string of the molecule is COCC(C)NCCN1CCc2ccc(F)cc21. The quantitative estimate of drug-likeness (QED) is 0.835. The highest BCUT2D eigenvalue weighted by Crippen LogP contribution is 2.27. The second-order valence-corrected chi connectivity index (χ2v) is 4.82. The summed E-state index contributed by atoms with van der Waals surface area (Å²) in [7, 11) is 1.71. The van der Waals surface area contributed by atoms with E-state index in [4.69, 9.17) is 4.74 Å². The number of nitrogens with zero attached hydrogens (tertiary/aromatic N) is 1. The Labute approximate surface area is 108 Å². The van der Waals surface area contributed by atoms with Crippen molar-refractivity contribution in [2.45, 2.75) is 19.4 Å². The molecule has 100 valence electrons. The topological polar surface area (TPSA) is 24.5 Å². The zero-order chi connectivity index (χ0) is 13.0.